The summed E-state index contributed by atoms with van der Waals surface area (Å²) in [5.74, 6) is -0.593. The Bertz CT molecular complexity index is 509. The number of Topliss-reactive ketones (excluding diaryl/α,β-unsaturated/α-hetero) is 1. The molecule has 0 aliphatic rings. The summed E-state index contributed by atoms with van der Waals surface area (Å²) in [6, 6.07) is 2.19. The van der Waals surface area contributed by atoms with Crippen LogP contribution in [0.2, 0.25) is 0 Å². The molecule has 0 saturated heterocycles. The predicted molar refractivity (Wildman–Crippen MR) is 61.6 cm³/mol. The maximum Gasteiger partial charge on any atom is 0.416 e. The molecule has 4 nitrogen and oxygen atoms in total. The van der Waals surface area contributed by atoms with Crippen molar-refractivity contribution >= 4 is 11.5 Å². The van der Waals surface area contributed by atoms with Gasteiger partial charge in [-0.2, -0.15) is 13.2 Å². The zero-order valence-electron chi connectivity index (χ0n) is 10.3. The normalized spacial score (nSPS) is 11.7. The van der Waals surface area contributed by atoms with Gasteiger partial charge in [0.15, 0.2) is 0 Å². The van der Waals surface area contributed by atoms with E-state index in [1.165, 1.54) is 0 Å². The molecular weight excluding hydrogens is 263 g/mol. The van der Waals surface area contributed by atoms with Gasteiger partial charge in [0.1, 0.15) is 5.78 Å². The molecule has 1 aromatic carbocycles. The summed E-state index contributed by atoms with van der Waals surface area (Å²) in [6.45, 7) is 3.25. The van der Waals surface area contributed by atoms with Crippen molar-refractivity contribution in [1.29, 1.82) is 0 Å². The minimum Gasteiger partial charge on any atom is -0.299 e. The molecule has 7 heteroatoms. The molecular formula is C12H12F3NO3. The number of carbonyl (C=O) groups excluding carboxylic acids is 1. The smallest absolute Gasteiger partial charge is 0.299 e. The fourth-order valence-electron chi connectivity index (χ4n) is 1.45. The number of hydrogen-bond acceptors (Lipinski definition) is 3. The first-order valence-electron chi connectivity index (χ1n) is 5.50. The second-order valence-corrected chi connectivity index (χ2v) is 4.40. The van der Waals surface area contributed by atoms with Gasteiger partial charge in [-0.1, -0.05) is 19.9 Å². The van der Waals surface area contributed by atoms with E-state index in [0.29, 0.717) is 6.07 Å². The highest BCUT2D eigenvalue weighted by Crippen LogP contribution is 2.33. The lowest BCUT2D eigenvalue weighted by Crippen LogP contribution is -2.13. The van der Waals surface area contributed by atoms with E-state index in [4.69, 9.17) is 0 Å². The number of nitrogens with zero attached hydrogens (tertiary/aromatic N) is 1. The molecule has 0 radical (unpaired) electrons. The van der Waals surface area contributed by atoms with Crippen molar-refractivity contribution in [2.45, 2.75) is 26.4 Å². The lowest BCUT2D eigenvalue weighted by molar-refractivity contribution is -0.385. The zero-order valence-corrected chi connectivity index (χ0v) is 10.3. The van der Waals surface area contributed by atoms with Gasteiger partial charge in [-0.3, -0.25) is 14.9 Å². The van der Waals surface area contributed by atoms with Gasteiger partial charge < -0.3 is 0 Å². The fourth-order valence-corrected chi connectivity index (χ4v) is 1.45. The summed E-state index contributed by atoms with van der Waals surface area (Å²) in [4.78, 5) is 21.4. The molecule has 0 unspecified atom stereocenters. The maximum absolute atomic E-state index is 12.5. The van der Waals surface area contributed by atoms with Gasteiger partial charge in [-0.15, -0.1) is 0 Å². The number of carbonyl (C=O) groups is 1. The molecule has 104 valence electrons. The van der Waals surface area contributed by atoms with Crippen LogP contribution in [-0.2, 0) is 17.4 Å². The zero-order chi connectivity index (χ0) is 14.8. The molecule has 0 saturated carbocycles. The van der Waals surface area contributed by atoms with Crippen LogP contribution in [0.5, 0.6) is 0 Å². The molecule has 0 aliphatic heterocycles. The maximum atomic E-state index is 12.5. The summed E-state index contributed by atoms with van der Waals surface area (Å²) in [5.41, 5.74) is -1.78. The topological polar surface area (TPSA) is 60.2 Å². The summed E-state index contributed by atoms with van der Waals surface area (Å²) in [5, 5.41) is 10.8. The molecule has 1 rings (SSSR count). The van der Waals surface area contributed by atoms with Gasteiger partial charge in [0.2, 0.25) is 0 Å². The van der Waals surface area contributed by atoms with Crippen molar-refractivity contribution in [2.24, 2.45) is 5.92 Å². The van der Waals surface area contributed by atoms with Crippen molar-refractivity contribution < 1.29 is 22.9 Å². The Labute approximate surface area is 107 Å². The Morgan fingerprint density at radius 1 is 1.37 bits per heavy atom. The number of nitro benzene ring substituents is 1. The van der Waals surface area contributed by atoms with Crippen LogP contribution >= 0.6 is 0 Å². The van der Waals surface area contributed by atoms with Gasteiger partial charge in [0.25, 0.3) is 5.69 Å². The van der Waals surface area contributed by atoms with E-state index in [1.54, 1.807) is 13.8 Å². The molecule has 0 atom stereocenters. The van der Waals surface area contributed by atoms with E-state index in [2.05, 4.69) is 0 Å². The minimum atomic E-state index is -4.65. The fraction of sp³-hybridized carbons (Fsp3) is 0.417. The van der Waals surface area contributed by atoms with Crippen molar-refractivity contribution in [1.82, 2.24) is 0 Å². The van der Waals surface area contributed by atoms with E-state index in [1.807, 2.05) is 0 Å². The molecule has 0 aromatic heterocycles. The number of benzene rings is 1. The van der Waals surface area contributed by atoms with E-state index in [0.717, 1.165) is 12.1 Å². The van der Waals surface area contributed by atoms with Gasteiger partial charge in [-0.25, -0.2) is 0 Å². The average molecular weight is 275 g/mol. The van der Waals surface area contributed by atoms with E-state index in [-0.39, 0.29) is 23.7 Å². The van der Waals surface area contributed by atoms with Crippen molar-refractivity contribution in [2.75, 3.05) is 0 Å². The average Bonchev–Trinajstić information content (AvgIpc) is 2.27. The molecule has 19 heavy (non-hydrogen) atoms. The molecule has 0 heterocycles. The standard InChI is InChI=1S/C12H12F3NO3/c1-7(2)11(17)5-8-3-4-9(12(13,14)15)6-10(8)16(18)19/h3-4,6-7H,5H2,1-2H3. The molecule has 1 aromatic rings. The van der Waals surface area contributed by atoms with Crippen LogP contribution < -0.4 is 0 Å². The van der Waals surface area contributed by atoms with Crippen LogP contribution in [0.3, 0.4) is 0 Å². The van der Waals surface area contributed by atoms with Gasteiger partial charge in [0.05, 0.1) is 10.5 Å². The highest BCUT2D eigenvalue weighted by atomic mass is 19.4. The van der Waals surface area contributed by atoms with Gasteiger partial charge in [-0.05, 0) is 6.07 Å². The first kappa shape index (κ1) is 15.1. The van der Waals surface area contributed by atoms with E-state index in [9.17, 15) is 28.1 Å². The number of rotatable bonds is 4. The summed E-state index contributed by atoms with van der Waals surface area (Å²) >= 11 is 0. The largest absolute Gasteiger partial charge is 0.416 e. The number of halogens is 3. The lowest BCUT2D eigenvalue weighted by Gasteiger charge is -2.09. The van der Waals surface area contributed by atoms with Crippen LogP contribution in [-0.4, -0.2) is 10.7 Å². The quantitative estimate of drug-likeness (QED) is 0.625. The molecule has 0 fully saturated rings. The number of ketones is 1. The second kappa shape index (κ2) is 5.38. The molecule has 0 amide bonds. The third-order valence-corrected chi connectivity index (χ3v) is 2.62. The highest BCUT2D eigenvalue weighted by molar-refractivity contribution is 5.83. The lowest BCUT2D eigenvalue weighted by atomic mass is 9.98. The molecule has 0 bridgehead atoms. The Kier molecular flexibility index (Phi) is 4.28. The third-order valence-electron chi connectivity index (χ3n) is 2.62. The van der Waals surface area contributed by atoms with Crippen LogP contribution in [0.25, 0.3) is 0 Å². The predicted octanol–water partition coefficient (Wildman–Crippen LogP) is 3.38. The Hall–Kier alpha value is -1.92. The van der Waals surface area contributed by atoms with Gasteiger partial charge in [0, 0.05) is 24.0 Å². The second-order valence-electron chi connectivity index (χ2n) is 4.40. The Balaban J connectivity index is 3.20. The first-order valence-corrected chi connectivity index (χ1v) is 5.50. The van der Waals surface area contributed by atoms with Crippen LogP contribution in [0.1, 0.15) is 25.0 Å². The van der Waals surface area contributed by atoms with Crippen LogP contribution in [0.4, 0.5) is 18.9 Å². The number of alkyl halides is 3. The summed E-state index contributed by atoms with van der Waals surface area (Å²) < 4.78 is 37.4. The van der Waals surface area contributed by atoms with Crippen molar-refractivity contribution in [3.05, 3.63) is 39.4 Å². The van der Waals surface area contributed by atoms with Crippen molar-refractivity contribution in [3.8, 4) is 0 Å². The van der Waals surface area contributed by atoms with E-state index >= 15 is 0 Å². The van der Waals surface area contributed by atoms with E-state index < -0.39 is 22.4 Å². The first-order chi connectivity index (χ1) is 8.62. The third kappa shape index (κ3) is 3.77. The highest BCUT2D eigenvalue weighted by Gasteiger charge is 2.33. The minimum absolute atomic E-state index is 0.00306. The molecule has 0 aliphatic carbocycles. The van der Waals surface area contributed by atoms with Gasteiger partial charge >= 0.3 is 6.18 Å². The number of hydrogen-bond donors (Lipinski definition) is 0. The Morgan fingerprint density at radius 3 is 2.37 bits per heavy atom. The van der Waals surface area contributed by atoms with Crippen LogP contribution in [0.15, 0.2) is 18.2 Å². The molecule has 0 spiro atoms. The Morgan fingerprint density at radius 2 is 1.95 bits per heavy atom. The summed E-state index contributed by atoms with van der Waals surface area (Å²) in [6.07, 6.45) is -4.89. The number of nitro groups is 1. The monoisotopic (exact) mass is 275 g/mol. The van der Waals surface area contributed by atoms with Crippen molar-refractivity contribution in [3.63, 3.8) is 0 Å². The SMILES string of the molecule is CC(C)C(=O)Cc1ccc(C(F)(F)F)cc1[N+](=O)[O-]. The van der Waals surface area contributed by atoms with Crippen LogP contribution in [0, 0.1) is 16.0 Å². The summed E-state index contributed by atoms with van der Waals surface area (Å²) in [7, 11) is 0. The molecule has 0 N–H and O–H groups in total.